The highest BCUT2D eigenvalue weighted by molar-refractivity contribution is 5.79. The van der Waals surface area contributed by atoms with E-state index in [9.17, 15) is 4.79 Å². The Morgan fingerprint density at radius 3 is 2.35 bits per heavy atom. The highest BCUT2D eigenvalue weighted by Crippen LogP contribution is 2.34. The molecule has 3 nitrogen and oxygen atoms in total. The van der Waals surface area contributed by atoms with Crippen LogP contribution in [0.3, 0.4) is 0 Å². The molecule has 0 aromatic carbocycles. The van der Waals surface area contributed by atoms with E-state index in [1.165, 1.54) is 32.1 Å². The van der Waals surface area contributed by atoms with Gasteiger partial charge < -0.3 is 11.1 Å². The molecule has 0 aromatic heterocycles. The van der Waals surface area contributed by atoms with Crippen LogP contribution in [0.25, 0.3) is 0 Å². The van der Waals surface area contributed by atoms with Crippen molar-refractivity contribution in [3.8, 4) is 0 Å². The molecular weight excluding hydrogens is 212 g/mol. The van der Waals surface area contributed by atoms with Crippen molar-refractivity contribution in [2.75, 3.05) is 13.1 Å². The molecule has 1 atom stereocenters. The molecule has 1 saturated carbocycles. The molecule has 0 spiro atoms. The van der Waals surface area contributed by atoms with Crippen LogP contribution in [0, 0.1) is 17.3 Å². The van der Waals surface area contributed by atoms with Gasteiger partial charge in [0.1, 0.15) is 0 Å². The molecule has 1 aliphatic carbocycles. The fourth-order valence-electron chi connectivity index (χ4n) is 2.70. The van der Waals surface area contributed by atoms with Gasteiger partial charge in [-0.3, -0.25) is 4.79 Å². The fraction of sp³-hybridized carbons (Fsp3) is 0.929. The van der Waals surface area contributed by atoms with Gasteiger partial charge in [0, 0.05) is 13.1 Å². The molecular formula is C14H28N2O. The van der Waals surface area contributed by atoms with Crippen LogP contribution in [-0.4, -0.2) is 19.0 Å². The first kappa shape index (κ1) is 14.5. The third-order valence-electron chi connectivity index (χ3n) is 4.15. The molecule has 3 heteroatoms. The molecule has 1 amide bonds. The van der Waals surface area contributed by atoms with E-state index in [0.29, 0.717) is 17.9 Å². The summed E-state index contributed by atoms with van der Waals surface area (Å²) in [5, 5.41) is 3.11. The van der Waals surface area contributed by atoms with Crippen molar-refractivity contribution >= 4 is 5.91 Å². The predicted octanol–water partition coefficient (Wildman–Crippen LogP) is 2.30. The van der Waals surface area contributed by atoms with Crippen molar-refractivity contribution < 1.29 is 4.79 Å². The quantitative estimate of drug-likeness (QED) is 0.774. The summed E-state index contributed by atoms with van der Waals surface area (Å²) in [5.41, 5.74) is 5.97. The standard InChI is InChI=1S/C14H28N2O/c1-11(2)12(9-15)13(17)16-10-14(3)7-5-4-6-8-14/h11-12H,4-10,15H2,1-3H3,(H,16,17). The van der Waals surface area contributed by atoms with E-state index in [2.05, 4.69) is 26.1 Å². The SMILES string of the molecule is CC(C)C(CN)C(=O)NCC1(C)CCCCC1. The van der Waals surface area contributed by atoms with Crippen molar-refractivity contribution in [1.82, 2.24) is 5.32 Å². The van der Waals surface area contributed by atoms with Gasteiger partial charge in [-0.2, -0.15) is 0 Å². The number of nitrogens with one attached hydrogen (secondary N) is 1. The normalized spacial score (nSPS) is 21.2. The van der Waals surface area contributed by atoms with Gasteiger partial charge in [0.2, 0.25) is 5.91 Å². The van der Waals surface area contributed by atoms with Crippen LogP contribution in [0.2, 0.25) is 0 Å². The molecule has 100 valence electrons. The molecule has 0 saturated heterocycles. The molecule has 0 aliphatic heterocycles. The van der Waals surface area contributed by atoms with Gasteiger partial charge in [0.15, 0.2) is 0 Å². The zero-order valence-corrected chi connectivity index (χ0v) is 11.6. The molecule has 1 rings (SSSR count). The zero-order chi connectivity index (χ0) is 12.9. The summed E-state index contributed by atoms with van der Waals surface area (Å²) in [6.07, 6.45) is 6.43. The Labute approximate surface area is 106 Å². The van der Waals surface area contributed by atoms with Crippen molar-refractivity contribution in [3.05, 3.63) is 0 Å². The van der Waals surface area contributed by atoms with E-state index in [1.807, 2.05) is 0 Å². The minimum absolute atomic E-state index is 0.0396. The molecule has 0 aromatic rings. The second kappa shape index (κ2) is 6.39. The lowest BCUT2D eigenvalue weighted by Gasteiger charge is -2.34. The molecule has 17 heavy (non-hydrogen) atoms. The second-order valence-corrected chi connectivity index (χ2v) is 6.18. The van der Waals surface area contributed by atoms with Crippen molar-refractivity contribution in [2.45, 2.75) is 52.9 Å². The maximum absolute atomic E-state index is 12.0. The van der Waals surface area contributed by atoms with Crippen LogP contribution >= 0.6 is 0 Å². The van der Waals surface area contributed by atoms with Gasteiger partial charge >= 0.3 is 0 Å². The summed E-state index contributed by atoms with van der Waals surface area (Å²) >= 11 is 0. The fourth-order valence-corrected chi connectivity index (χ4v) is 2.70. The second-order valence-electron chi connectivity index (χ2n) is 6.18. The molecule has 1 unspecified atom stereocenters. The lowest BCUT2D eigenvalue weighted by Crippen LogP contribution is -2.43. The first-order valence-corrected chi connectivity index (χ1v) is 6.96. The molecule has 0 heterocycles. The summed E-state index contributed by atoms with van der Waals surface area (Å²) in [7, 11) is 0. The Morgan fingerprint density at radius 2 is 1.88 bits per heavy atom. The third kappa shape index (κ3) is 4.30. The first-order valence-electron chi connectivity index (χ1n) is 6.96. The maximum atomic E-state index is 12.0. The van der Waals surface area contributed by atoms with Gasteiger partial charge in [0.05, 0.1) is 5.92 Å². The topological polar surface area (TPSA) is 55.1 Å². The van der Waals surface area contributed by atoms with Crippen LogP contribution in [0.5, 0.6) is 0 Å². The largest absolute Gasteiger partial charge is 0.355 e. The zero-order valence-electron chi connectivity index (χ0n) is 11.6. The number of carbonyl (C=O) groups is 1. The molecule has 1 fully saturated rings. The van der Waals surface area contributed by atoms with E-state index >= 15 is 0 Å². The minimum atomic E-state index is -0.0396. The van der Waals surface area contributed by atoms with Crippen LogP contribution in [-0.2, 0) is 4.79 Å². The van der Waals surface area contributed by atoms with Gasteiger partial charge in [-0.1, -0.05) is 40.0 Å². The Morgan fingerprint density at radius 1 is 1.29 bits per heavy atom. The smallest absolute Gasteiger partial charge is 0.224 e. The maximum Gasteiger partial charge on any atom is 0.224 e. The van der Waals surface area contributed by atoms with E-state index < -0.39 is 0 Å². The summed E-state index contributed by atoms with van der Waals surface area (Å²) in [6.45, 7) is 7.66. The number of amides is 1. The van der Waals surface area contributed by atoms with E-state index in [4.69, 9.17) is 5.73 Å². The highest BCUT2D eigenvalue weighted by Gasteiger charge is 2.28. The van der Waals surface area contributed by atoms with E-state index in [-0.39, 0.29) is 11.8 Å². The lowest BCUT2D eigenvalue weighted by atomic mass is 9.75. The number of hydrogen-bond acceptors (Lipinski definition) is 2. The van der Waals surface area contributed by atoms with Crippen molar-refractivity contribution in [1.29, 1.82) is 0 Å². The molecule has 0 bridgehead atoms. The van der Waals surface area contributed by atoms with E-state index in [0.717, 1.165) is 6.54 Å². The van der Waals surface area contributed by atoms with Crippen molar-refractivity contribution in [2.24, 2.45) is 23.0 Å². The van der Waals surface area contributed by atoms with Crippen LogP contribution < -0.4 is 11.1 Å². The number of rotatable bonds is 5. The molecule has 1 aliphatic rings. The summed E-state index contributed by atoms with van der Waals surface area (Å²) in [4.78, 5) is 12.0. The Bertz CT molecular complexity index is 245. The highest BCUT2D eigenvalue weighted by atomic mass is 16.1. The van der Waals surface area contributed by atoms with E-state index in [1.54, 1.807) is 0 Å². The summed E-state index contributed by atoms with van der Waals surface area (Å²) in [5.74, 6) is 0.413. The Hall–Kier alpha value is -0.570. The average molecular weight is 240 g/mol. The van der Waals surface area contributed by atoms with Gasteiger partial charge in [-0.25, -0.2) is 0 Å². The van der Waals surface area contributed by atoms with Crippen LogP contribution in [0.15, 0.2) is 0 Å². The molecule has 0 radical (unpaired) electrons. The predicted molar refractivity (Wildman–Crippen MR) is 71.6 cm³/mol. The lowest BCUT2D eigenvalue weighted by molar-refractivity contribution is -0.126. The van der Waals surface area contributed by atoms with Gasteiger partial charge in [0.25, 0.3) is 0 Å². The first-order chi connectivity index (χ1) is 7.98. The van der Waals surface area contributed by atoms with Crippen LogP contribution in [0.1, 0.15) is 52.9 Å². The third-order valence-corrected chi connectivity index (χ3v) is 4.15. The Balaban J connectivity index is 2.41. The van der Waals surface area contributed by atoms with Gasteiger partial charge in [-0.05, 0) is 24.2 Å². The number of nitrogens with two attached hydrogens (primary N) is 1. The van der Waals surface area contributed by atoms with Crippen LogP contribution in [0.4, 0.5) is 0 Å². The number of hydrogen-bond donors (Lipinski definition) is 2. The van der Waals surface area contributed by atoms with Crippen molar-refractivity contribution in [3.63, 3.8) is 0 Å². The molecule has 3 N–H and O–H groups in total. The summed E-state index contributed by atoms with van der Waals surface area (Å²) in [6, 6.07) is 0. The van der Waals surface area contributed by atoms with Gasteiger partial charge in [-0.15, -0.1) is 0 Å². The Kier molecular flexibility index (Phi) is 5.44. The monoisotopic (exact) mass is 240 g/mol. The number of carbonyl (C=O) groups excluding carboxylic acids is 1. The average Bonchev–Trinajstić information content (AvgIpc) is 2.28. The summed E-state index contributed by atoms with van der Waals surface area (Å²) < 4.78 is 0. The minimum Gasteiger partial charge on any atom is -0.355 e.